The smallest absolute Gasteiger partial charge is 0.120 e. The Morgan fingerprint density at radius 3 is 2.93 bits per heavy atom. The van der Waals surface area contributed by atoms with Crippen LogP contribution in [0, 0.1) is 6.92 Å². The zero-order chi connectivity index (χ0) is 9.97. The summed E-state index contributed by atoms with van der Waals surface area (Å²) in [7, 11) is 0. The Labute approximate surface area is 84.1 Å². The number of hydrogen-bond donors (Lipinski definition) is 3. The third-order valence-electron chi connectivity index (χ3n) is 2.60. The van der Waals surface area contributed by atoms with E-state index in [9.17, 15) is 5.11 Å². The van der Waals surface area contributed by atoms with Crippen LogP contribution in [0.1, 0.15) is 17.2 Å². The number of phenolic OH excluding ortho intramolecular Hbond substituents is 1. The molecule has 0 unspecified atom stereocenters. The van der Waals surface area contributed by atoms with Gasteiger partial charge in [-0.3, -0.25) is 0 Å². The van der Waals surface area contributed by atoms with Crippen LogP contribution in [0.25, 0.3) is 0 Å². The van der Waals surface area contributed by atoms with Crippen molar-refractivity contribution >= 4 is 0 Å². The molecule has 1 fully saturated rings. The first-order chi connectivity index (χ1) is 6.77. The molecule has 1 aliphatic heterocycles. The molecule has 1 aromatic rings. The van der Waals surface area contributed by atoms with Gasteiger partial charge in [0.15, 0.2) is 0 Å². The highest BCUT2D eigenvalue weighted by atomic mass is 16.3. The van der Waals surface area contributed by atoms with Crippen molar-refractivity contribution in [2.24, 2.45) is 0 Å². The quantitative estimate of drug-likeness (QED) is 0.620. The summed E-state index contributed by atoms with van der Waals surface area (Å²) in [6, 6.07) is 5.97. The van der Waals surface area contributed by atoms with Gasteiger partial charge in [0, 0.05) is 31.2 Å². The van der Waals surface area contributed by atoms with E-state index in [1.807, 2.05) is 19.1 Å². The van der Waals surface area contributed by atoms with Crippen LogP contribution in [-0.4, -0.2) is 24.7 Å². The van der Waals surface area contributed by atoms with E-state index < -0.39 is 0 Å². The van der Waals surface area contributed by atoms with Gasteiger partial charge in [0.1, 0.15) is 5.75 Å². The molecule has 1 aromatic carbocycles. The maximum Gasteiger partial charge on any atom is 0.120 e. The van der Waals surface area contributed by atoms with Crippen molar-refractivity contribution in [1.29, 1.82) is 0 Å². The summed E-state index contributed by atoms with van der Waals surface area (Å²) in [5.74, 6) is 0.386. The minimum atomic E-state index is 0.239. The fourth-order valence-electron chi connectivity index (χ4n) is 1.83. The Kier molecular flexibility index (Phi) is 2.70. The molecule has 1 saturated heterocycles. The minimum Gasteiger partial charge on any atom is -0.508 e. The molecular formula is C11H16N2O. The van der Waals surface area contributed by atoms with Gasteiger partial charge in [0.25, 0.3) is 0 Å². The van der Waals surface area contributed by atoms with Gasteiger partial charge >= 0.3 is 0 Å². The molecule has 3 N–H and O–H groups in total. The summed E-state index contributed by atoms with van der Waals surface area (Å²) in [5.41, 5.74) is 2.18. The van der Waals surface area contributed by atoms with Crippen molar-refractivity contribution in [3.8, 4) is 5.75 Å². The van der Waals surface area contributed by atoms with E-state index in [0.717, 1.165) is 25.2 Å². The molecule has 0 amide bonds. The number of rotatable bonds is 1. The third-order valence-corrected chi connectivity index (χ3v) is 2.60. The van der Waals surface area contributed by atoms with Crippen molar-refractivity contribution < 1.29 is 5.11 Å². The highest BCUT2D eigenvalue weighted by molar-refractivity contribution is 5.38. The highest BCUT2D eigenvalue weighted by Crippen LogP contribution is 2.25. The van der Waals surface area contributed by atoms with E-state index >= 15 is 0 Å². The molecule has 1 atom stereocenters. The van der Waals surface area contributed by atoms with Gasteiger partial charge in [-0.05, 0) is 13.0 Å². The van der Waals surface area contributed by atoms with Crippen LogP contribution in [0.15, 0.2) is 18.2 Å². The number of benzene rings is 1. The van der Waals surface area contributed by atoms with Gasteiger partial charge in [0.05, 0.1) is 0 Å². The number of piperazine rings is 1. The predicted octanol–water partition coefficient (Wildman–Crippen LogP) is 0.935. The van der Waals surface area contributed by atoms with E-state index in [0.29, 0.717) is 5.75 Å². The molecule has 14 heavy (non-hydrogen) atoms. The molecule has 0 saturated carbocycles. The van der Waals surface area contributed by atoms with Crippen molar-refractivity contribution in [2.45, 2.75) is 13.0 Å². The van der Waals surface area contributed by atoms with E-state index in [4.69, 9.17) is 0 Å². The van der Waals surface area contributed by atoms with E-state index in [-0.39, 0.29) is 6.04 Å². The minimum absolute atomic E-state index is 0.239. The van der Waals surface area contributed by atoms with E-state index in [1.54, 1.807) is 6.07 Å². The van der Waals surface area contributed by atoms with Gasteiger partial charge in [-0.1, -0.05) is 17.7 Å². The molecule has 2 rings (SSSR count). The summed E-state index contributed by atoms with van der Waals surface area (Å²) in [5, 5.41) is 16.4. The maximum absolute atomic E-state index is 9.72. The van der Waals surface area contributed by atoms with Gasteiger partial charge in [-0.25, -0.2) is 0 Å². The van der Waals surface area contributed by atoms with Gasteiger partial charge < -0.3 is 15.7 Å². The molecule has 76 valence electrons. The summed E-state index contributed by atoms with van der Waals surface area (Å²) in [6.45, 7) is 4.89. The monoisotopic (exact) mass is 192 g/mol. The Balaban J connectivity index is 2.24. The zero-order valence-corrected chi connectivity index (χ0v) is 8.38. The first kappa shape index (κ1) is 9.49. The Morgan fingerprint density at radius 1 is 1.36 bits per heavy atom. The number of aromatic hydroxyl groups is 1. The summed E-state index contributed by atoms with van der Waals surface area (Å²) < 4.78 is 0. The summed E-state index contributed by atoms with van der Waals surface area (Å²) in [4.78, 5) is 0. The molecule has 1 aliphatic rings. The summed E-state index contributed by atoms with van der Waals surface area (Å²) in [6.07, 6.45) is 0. The average Bonchev–Trinajstić information content (AvgIpc) is 2.23. The molecule has 3 nitrogen and oxygen atoms in total. The lowest BCUT2D eigenvalue weighted by atomic mass is 10.0. The lowest BCUT2D eigenvalue weighted by Crippen LogP contribution is -2.42. The zero-order valence-electron chi connectivity index (χ0n) is 8.38. The predicted molar refractivity (Wildman–Crippen MR) is 56.5 cm³/mol. The lowest BCUT2D eigenvalue weighted by molar-refractivity contribution is 0.404. The van der Waals surface area contributed by atoms with Crippen LogP contribution in [0.5, 0.6) is 5.75 Å². The average molecular weight is 192 g/mol. The number of hydrogen-bond acceptors (Lipinski definition) is 3. The third kappa shape index (κ3) is 1.89. The fraction of sp³-hybridized carbons (Fsp3) is 0.455. The molecule has 0 radical (unpaired) electrons. The van der Waals surface area contributed by atoms with Crippen LogP contribution in [-0.2, 0) is 0 Å². The standard InChI is InChI=1S/C11H16N2O/c1-8-2-3-11(14)9(6-8)10-7-12-4-5-13-10/h2-3,6,10,12-14H,4-5,7H2,1H3/t10-/m1/s1. The van der Waals surface area contributed by atoms with Gasteiger partial charge in [-0.15, -0.1) is 0 Å². The first-order valence-corrected chi connectivity index (χ1v) is 5.01. The SMILES string of the molecule is Cc1ccc(O)c([C@H]2CNCCN2)c1. The lowest BCUT2D eigenvalue weighted by Gasteiger charge is -2.25. The number of aryl methyl sites for hydroxylation is 1. The highest BCUT2D eigenvalue weighted by Gasteiger charge is 2.17. The summed E-state index contributed by atoms with van der Waals surface area (Å²) >= 11 is 0. The van der Waals surface area contributed by atoms with E-state index in [2.05, 4.69) is 10.6 Å². The second-order valence-electron chi connectivity index (χ2n) is 3.77. The molecule has 1 heterocycles. The topological polar surface area (TPSA) is 44.3 Å². The van der Waals surface area contributed by atoms with Crippen molar-refractivity contribution in [2.75, 3.05) is 19.6 Å². The van der Waals surface area contributed by atoms with Crippen LogP contribution in [0.3, 0.4) is 0 Å². The van der Waals surface area contributed by atoms with Crippen molar-refractivity contribution in [3.05, 3.63) is 29.3 Å². The molecule has 0 bridgehead atoms. The number of nitrogens with one attached hydrogen (secondary N) is 2. The molecule has 0 aliphatic carbocycles. The molecule has 3 heteroatoms. The maximum atomic E-state index is 9.72. The van der Waals surface area contributed by atoms with Crippen LogP contribution in [0.4, 0.5) is 0 Å². The van der Waals surface area contributed by atoms with Gasteiger partial charge in [-0.2, -0.15) is 0 Å². The van der Waals surface area contributed by atoms with E-state index in [1.165, 1.54) is 5.56 Å². The Morgan fingerprint density at radius 2 is 2.21 bits per heavy atom. The van der Waals surface area contributed by atoms with Crippen molar-refractivity contribution in [1.82, 2.24) is 10.6 Å². The molecular weight excluding hydrogens is 176 g/mol. The second kappa shape index (κ2) is 3.98. The largest absolute Gasteiger partial charge is 0.508 e. The van der Waals surface area contributed by atoms with Crippen LogP contribution >= 0.6 is 0 Å². The number of phenols is 1. The molecule has 0 aromatic heterocycles. The molecule has 0 spiro atoms. The first-order valence-electron chi connectivity index (χ1n) is 5.01. The fourth-order valence-corrected chi connectivity index (χ4v) is 1.83. The normalized spacial score (nSPS) is 22.2. The van der Waals surface area contributed by atoms with Crippen molar-refractivity contribution in [3.63, 3.8) is 0 Å². The second-order valence-corrected chi connectivity index (χ2v) is 3.77. The van der Waals surface area contributed by atoms with Crippen LogP contribution < -0.4 is 10.6 Å². The Bertz CT molecular complexity index is 319. The van der Waals surface area contributed by atoms with Crippen LogP contribution in [0.2, 0.25) is 0 Å². The van der Waals surface area contributed by atoms with Gasteiger partial charge in [0.2, 0.25) is 0 Å². The Hall–Kier alpha value is -1.06.